The molecule has 0 saturated carbocycles. The van der Waals surface area contributed by atoms with Crippen LogP contribution in [0.4, 0.5) is 10.5 Å². The first kappa shape index (κ1) is 23.1. The first-order chi connectivity index (χ1) is 16.0. The van der Waals surface area contributed by atoms with Crippen molar-refractivity contribution >= 4 is 58.2 Å². The van der Waals surface area contributed by atoms with Crippen molar-refractivity contribution in [2.24, 2.45) is 5.92 Å². The molecule has 2 aliphatic rings. The lowest BCUT2D eigenvalue weighted by atomic mass is 10.1. The number of carbonyl (C=O) groups is 4. The Labute approximate surface area is 199 Å². The predicted molar refractivity (Wildman–Crippen MR) is 129 cm³/mol. The van der Waals surface area contributed by atoms with Gasteiger partial charge in [0.15, 0.2) is 0 Å². The first-order valence-electron chi connectivity index (χ1n) is 10.3. The van der Waals surface area contributed by atoms with Crippen LogP contribution >= 0.6 is 23.5 Å². The van der Waals surface area contributed by atoms with Gasteiger partial charge in [-0.05, 0) is 53.9 Å². The summed E-state index contributed by atoms with van der Waals surface area (Å²) in [5, 5.41) is 2.39. The Kier molecular flexibility index (Phi) is 7.14. The van der Waals surface area contributed by atoms with E-state index in [1.807, 2.05) is 30.5 Å². The van der Waals surface area contributed by atoms with Crippen molar-refractivity contribution in [3.05, 3.63) is 59.3 Å². The molecule has 8 nitrogen and oxygen atoms in total. The molecule has 0 aliphatic carbocycles. The zero-order valence-corrected chi connectivity index (χ0v) is 19.5. The highest BCUT2D eigenvalue weighted by atomic mass is 32.2. The first-order valence-corrected chi connectivity index (χ1v) is 12.4. The second-order valence-electron chi connectivity index (χ2n) is 7.52. The molecule has 4 amide bonds. The maximum atomic E-state index is 12.6. The Morgan fingerprint density at radius 2 is 2.12 bits per heavy atom. The molecule has 170 valence electrons. The molecule has 1 atom stereocenters. The van der Waals surface area contributed by atoms with Crippen molar-refractivity contribution < 1.29 is 19.2 Å². The van der Waals surface area contributed by atoms with Crippen LogP contribution < -0.4 is 10.2 Å². The van der Waals surface area contributed by atoms with Crippen molar-refractivity contribution in [3.8, 4) is 0 Å². The van der Waals surface area contributed by atoms with Crippen LogP contribution in [0.5, 0.6) is 0 Å². The van der Waals surface area contributed by atoms with Crippen molar-refractivity contribution in [2.75, 3.05) is 30.8 Å². The standard InChI is InChI=1S/C23H22N4O4S2/c1-32-18-6-2-5-17(12-18)27-14-16(11-20(27)28)21(29)25-8-9-26-22(30)19(33-23(26)31)10-15-4-3-7-24-13-15/h2-7,10,12-13,16H,8-9,11,14H2,1H3,(H,25,29). The zero-order valence-electron chi connectivity index (χ0n) is 17.9. The summed E-state index contributed by atoms with van der Waals surface area (Å²) in [7, 11) is 0. The highest BCUT2D eigenvalue weighted by Gasteiger charge is 2.37. The Morgan fingerprint density at radius 1 is 1.27 bits per heavy atom. The number of nitrogens with zero attached hydrogens (tertiary/aromatic N) is 3. The van der Waals surface area contributed by atoms with Gasteiger partial charge in [-0.3, -0.25) is 29.1 Å². The molecule has 3 heterocycles. The van der Waals surface area contributed by atoms with Crippen LogP contribution in [0, 0.1) is 5.92 Å². The fourth-order valence-corrected chi connectivity index (χ4v) is 4.97. The molecular formula is C23H22N4O4S2. The lowest BCUT2D eigenvalue weighted by Gasteiger charge is -2.18. The van der Waals surface area contributed by atoms with Gasteiger partial charge in [-0.1, -0.05) is 12.1 Å². The van der Waals surface area contributed by atoms with Crippen LogP contribution in [-0.4, -0.2) is 58.7 Å². The number of hydrogen-bond donors (Lipinski definition) is 1. The summed E-state index contributed by atoms with van der Waals surface area (Å²) in [6, 6.07) is 11.2. The molecule has 1 N–H and O–H groups in total. The van der Waals surface area contributed by atoms with Crippen molar-refractivity contribution in [1.29, 1.82) is 0 Å². The lowest BCUT2D eigenvalue weighted by Crippen LogP contribution is -2.40. The quantitative estimate of drug-likeness (QED) is 0.478. The topological polar surface area (TPSA) is 99.7 Å². The highest BCUT2D eigenvalue weighted by molar-refractivity contribution is 8.18. The van der Waals surface area contributed by atoms with Crippen molar-refractivity contribution in [1.82, 2.24) is 15.2 Å². The van der Waals surface area contributed by atoms with Gasteiger partial charge in [0.05, 0.1) is 10.8 Å². The third kappa shape index (κ3) is 5.28. The van der Waals surface area contributed by atoms with Crippen LogP contribution in [0.25, 0.3) is 6.08 Å². The molecule has 0 spiro atoms. The minimum atomic E-state index is -0.476. The number of imide groups is 1. The van der Waals surface area contributed by atoms with E-state index < -0.39 is 5.92 Å². The number of benzene rings is 1. The van der Waals surface area contributed by atoms with Gasteiger partial charge < -0.3 is 10.2 Å². The van der Waals surface area contributed by atoms with E-state index in [0.717, 1.165) is 32.8 Å². The van der Waals surface area contributed by atoms with Crippen molar-refractivity contribution in [2.45, 2.75) is 11.3 Å². The molecule has 2 saturated heterocycles. The number of carbonyl (C=O) groups excluding carboxylic acids is 4. The molecule has 2 aromatic rings. The van der Waals surface area contributed by atoms with Gasteiger partial charge in [-0.15, -0.1) is 11.8 Å². The average molecular weight is 483 g/mol. The second-order valence-corrected chi connectivity index (χ2v) is 9.39. The summed E-state index contributed by atoms with van der Waals surface area (Å²) in [5.74, 6) is -1.22. The summed E-state index contributed by atoms with van der Waals surface area (Å²) < 4.78 is 0. The van der Waals surface area contributed by atoms with E-state index >= 15 is 0 Å². The number of nitrogens with one attached hydrogen (secondary N) is 1. The maximum Gasteiger partial charge on any atom is 0.293 e. The van der Waals surface area contributed by atoms with Gasteiger partial charge in [0.2, 0.25) is 11.8 Å². The zero-order chi connectivity index (χ0) is 23.4. The summed E-state index contributed by atoms with van der Waals surface area (Å²) in [4.78, 5) is 58.0. The van der Waals surface area contributed by atoms with Gasteiger partial charge >= 0.3 is 0 Å². The normalized spacial score (nSPS) is 19.6. The van der Waals surface area contributed by atoms with Gasteiger partial charge in [0, 0.05) is 49.0 Å². The number of hydrogen-bond acceptors (Lipinski definition) is 7. The van der Waals surface area contributed by atoms with E-state index in [2.05, 4.69) is 10.3 Å². The molecule has 4 rings (SSSR count). The molecule has 10 heteroatoms. The Bertz CT molecular complexity index is 1120. The number of aromatic nitrogens is 1. The molecular weight excluding hydrogens is 460 g/mol. The summed E-state index contributed by atoms with van der Waals surface area (Å²) >= 11 is 2.46. The molecule has 2 aliphatic heterocycles. The fraction of sp³-hybridized carbons (Fsp3) is 0.261. The highest BCUT2D eigenvalue weighted by Crippen LogP contribution is 2.32. The van der Waals surface area contributed by atoms with E-state index in [4.69, 9.17) is 0 Å². The van der Waals surface area contributed by atoms with Crippen LogP contribution in [0.15, 0.2) is 58.6 Å². The smallest absolute Gasteiger partial charge is 0.293 e. The number of pyridine rings is 1. The van der Waals surface area contributed by atoms with E-state index in [0.29, 0.717) is 11.4 Å². The Balaban J connectivity index is 1.30. The molecule has 0 bridgehead atoms. The second kappa shape index (κ2) is 10.2. The van der Waals surface area contributed by atoms with E-state index in [1.165, 1.54) is 0 Å². The maximum absolute atomic E-state index is 12.6. The average Bonchev–Trinajstić information content (AvgIpc) is 3.34. The van der Waals surface area contributed by atoms with E-state index in [9.17, 15) is 19.2 Å². The van der Waals surface area contributed by atoms with Gasteiger partial charge in [0.1, 0.15) is 0 Å². The molecule has 33 heavy (non-hydrogen) atoms. The molecule has 0 radical (unpaired) electrons. The third-order valence-electron chi connectivity index (χ3n) is 5.35. The fourth-order valence-electron chi connectivity index (χ4n) is 3.65. The SMILES string of the molecule is CSc1cccc(N2CC(C(=O)NCCN3C(=O)SC(=Cc4cccnc4)C3=O)CC2=O)c1. The third-order valence-corrected chi connectivity index (χ3v) is 6.98. The summed E-state index contributed by atoms with van der Waals surface area (Å²) in [5.41, 5.74) is 1.51. The largest absolute Gasteiger partial charge is 0.354 e. The molecule has 1 aromatic carbocycles. The van der Waals surface area contributed by atoms with Crippen LogP contribution in [0.3, 0.4) is 0 Å². The van der Waals surface area contributed by atoms with Crippen molar-refractivity contribution in [3.63, 3.8) is 0 Å². The molecule has 2 fully saturated rings. The monoisotopic (exact) mass is 482 g/mol. The van der Waals surface area contributed by atoms with Gasteiger partial charge in [0.25, 0.3) is 11.1 Å². The Hall–Kier alpha value is -3.11. The minimum absolute atomic E-state index is 0.0704. The van der Waals surface area contributed by atoms with E-state index in [1.54, 1.807) is 47.3 Å². The molecule has 1 aromatic heterocycles. The van der Waals surface area contributed by atoms with Gasteiger partial charge in [-0.2, -0.15) is 0 Å². The minimum Gasteiger partial charge on any atom is -0.354 e. The van der Waals surface area contributed by atoms with Gasteiger partial charge in [-0.25, -0.2) is 0 Å². The number of anilines is 1. The van der Waals surface area contributed by atoms with Crippen LogP contribution in [0.1, 0.15) is 12.0 Å². The lowest BCUT2D eigenvalue weighted by molar-refractivity contribution is -0.127. The summed E-state index contributed by atoms with van der Waals surface area (Å²) in [6.07, 6.45) is 6.96. The van der Waals surface area contributed by atoms with Crippen LogP contribution in [0.2, 0.25) is 0 Å². The predicted octanol–water partition coefficient (Wildman–Crippen LogP) is 3.01. The number of amides is 4. The Morgan fingerprint density at radius 3 is 2.88 bits per heavy atom. The number of rotatable bonds is 7. The van der Waals surface area contributed by atoms with Crippen LogP contribution in [-0.2, 0) is 14.4 Å². The molecule has 1 unspecified atom stereocenters. The number of thioether (sulfide) groups is 2. The van der Waals surface area contributed by atoms with E-state index in [-0.39, 0.29) is 42.5 Å². The summed E-state index contributed by atoms with van der Waals surface area (Å²) in [6.45, 7) is 0.503.